The smallest absolute Gasteiger partial charge is 0.137 e. The van der Waals surface area contributed by atoms with Crippen molar-refractivity contribution in [3.63, 3.8) is 0 Å². The molecular weight excluding hydrogens is 576 g/mol. The van der Waals surface area contributed by atoms with E-state index in [1.54, 1.807) is 0 Å². The molecule has 0 saturated carbocycles. The van der Waals surface area contributed by atoms with Crippen molar-refractivity contribution in [1.82, 2.24) is 19.3 Å². The van der Waals surface area contributed by atoms with Crippen LogP contribution >= 0.6 is 0 Å². The maximum Gasteiger partial charge on any atom is 0.137 e. The van der Waals surface area contributed by atoms with Crippen LogP contribution in [0.4, 0.5) is 0 Å². The van der Waals surface area contributed by atoms with Crippen LogP contribution in [0.1, 0.15) is 63.1 Å². The van der Waals surface area contributed by atoms with Gasteiger partial charge in [-0.1, -0.05) is 77.1 Å². The van der Waals surface area contributed by atoms with E-state index in [4.69, 9.17) is 14.8 Å². The van der Waals surface area contributed by atoms with E-state index in [-0.39, 0.29) is 0 Å². The fraction of sp³-hybridized carbons (Fsp3) is 0.238. The number of fused-ring (bicyclic) bond motifs is 3. The molecule has 0 spiro atoms. The Morgan fingerprint density at radius 1 is 0.723 bits per heavy atom. The zero-order valence-electron chi connectivity index (χ0n) is 28.2. The quantitative estimate of drug-likeness (QED) is 0.162. The summed E-state index contributed by atoms with van der Waals surface area (Å²) in [5.41, 5.74) is 10.5. The second-order valence-electron chi connectivity index (χ2n) is 12.9. The lowest BCUT2D eigenvalue weighted by Gasteiger charge is -2.16. The second kappa shape index (κ2) is 12.6. The van der Waals surface area contributed by atoms with Gasteiger partial charge < -0.3 is 4.74 Å². The normalized spacial score (nSPS) is 12.3. The van der Waals surface area contributed by atoms with Crippen LogP contribution in [0, 0.1) is 12.8 Å². The van der Waals surface area contributed by atoms with Crippen LogP contribution < -0.4 is 4.74 Å². The molecule has 7 rings (SSSR count). The minimum absolute atomic E-state index is 0.463. The van der Waals surface area contributed by atoms with Gasteiger partial charge in [-0.3, -0.25) is 4.57 Å². The molecule has 3 aromatic heterocycles. The third-order valence-corrected chi connectivity index (χ3v) is 9.50. The van der Waals surface area contributed by atoms with Gasteiger partial charge in [0.1, 0.15) is 17.3 Å². The highest BCUT2D eigenvalue weighted by Gasteiger charge is 2.20. The first-order chi connectivity index (χ1) is 22.9. The molecule has 5 nitrogen and oxygen atoms in total. The number of hydrogen-bond donors (Lipinski definition) is 0. The maximum atomic E-state index is 6.60. The van der Waals surface area contributed by atoms with Gasteiger partial charge in [0, 0.05) is 34.7 Å². The lowest BCUT2D eigenvalue weighted by atomic mass is 9.89. The Morgan fingerprint density at radius 3 is 2.28 bits per heavy atom. The highest BCUT2D eigenvalue weighted by atomic mass is 16.5. The molecule has 1 unspecified atom stereocenters. The van der Waals surface area contributed by atoms with E-state index in [0.29, 0.717) is 11.8 Å². The van der Waals surface area contributed by atoms with Gasteiger partial charge in [-0.2, -0.15) is 5.10 Å². The summed E-state index contributed by atoms with van der Waals surface area (Å²) < 4.78 is 11.0. The fourth-order valence-corrected chi connectivity index (χ4v) is 6.68. The van der Waals surface area contributed by atoms with Crippen molar-refractivity contribution in [3.05, 3.63) is 132 Å². The number of aromatic nitrogens is 4. The van der Waals surface area contributed by atoms with Crippen LogP contribution in [-0.4, -0.2) is 19.3 Å². The van der Waals surface area contributed by atoms with Gasteiger partial charge in [0.25, 0.3) is 0 Å². The van der Waals surface area contributed by atoms with Crippen LogP contribution in [0.2, 0.25) is 0 Å². The number of pyridine rings is 1. The molecule has 1 atom stereocenters. The molecule has 47 heavy (non-hydrogen) atoms. The van der Waals surface area contributed by atoms with Crippen molar-refractivity contribution in [3.8, 4) is 34.1 Å². The molecule has 0 aliphatic carbocycles. The van der Waals surface area contributed by atoms with Crippen LogP contribution in [0.15, 0.2) is 109 Å². The van der Waals surface area contributed by atoms with Gasteiger partial charge >= 0.3 is 0 Å². The van der Waals surface area contributed by atoms with Gasteiger partial charge in [0.2, 0.25) is 0 Å². The lowest BCUT2D eigenvalue weighted by Crippen LogP contribution is -2.02. The number of benzene rings is 4. The Kier molecular flexibility index (Phi) is 8.15. The zero-order valence-corrected chi connectivity index (χ0v) is 28.2. The van der Waals surface area contributed by atoms with Gasteiger partial charge in [0.05, 0.1) is 28.1 Å². The monoisotopic (exact) mass is 618 g/mol. The zero-order chi connectivity index (χ0) is 32.7. The predicted molar refractivity (Wildman–Crippen MR) is 194 cm³/mol. The van der Waals surface area contributed by atoms with Crippen LogP contribution in [0.5, 0.6) is 11.5 Å². The summed E-state index contributed by atoms with van der Waals surface area (Å²) in [5, 5.41) is 7.51. The molecular formula is C42H42N4O. The van der Waals surface area contributed by atoms with E-state index in [1.165, 1.54) is 38.7 Å². The van der Waals surface area contributed by atoms with Crippen molar-refractivity contribution in [2.24, 2.45) is 5.92 Å². The maximum absolute atomic E-state index is 6.60. The lowest BCUT2D eigenvalue weighted by molar-refractivity contribution is 0.482. The molecule has 5 heteroatoms. The van der Waals surface area contributed by atoms with E-state index >= 15 is 0 Å². The summed E-state index contributed by atoms with van der Waals surface area (Å²) >= 11 is 0. The average Bonchev–Trinajstić information content (AvgIpc) is 3.63. The van der Waals surface area contributed by atoms with E-state index < -0.39 is 0 Å². The summed E-state index contributed by atoms with van der Waals surface area (Å²) in [7, 11) is 0. The minimum Gasteiger partial charge on any atom is -0.457 e. The third kappa shape index (κ3) is 5.61. The van der Waals surface area contributed by atoms with Gasteiger partial charge in [-0.05, 0) is 96.8 Å². The van der Waals surface area contributed by atoms with Crippen LogP contribution in [0.3, 0.4) is 0 Å². The van der Waals surface area contributed by atoms with E-state index in [0.717, 1.165) is 52.6 Å². The third-order valence-electron chi connectivity index (χ3n) is 9.50. The molecule has 0 saturated heterocycles. The SMILES string of the molecule is CCc1nn(-c2cccc(Oc3ccc4c5cc(C(C)C(C)C)ccc5n(-c5cc(C)ccn5)c4c3)c2)c(CC)c1-c1ccccc1. The summed E-state index contributed by atoms with van der Waals surface area (Å²) in [4.78, 5) is 4.79. The Morgan fingerprint density at radius 2 is 1.53 bits per heavy atom. The van der Waals surface area contributed by atoms with Crippen molar-refractivity contribution in [2.75, 3.05) is 0 Å². The number of aryl methyl sites for hydroxylation is 2. The van der Waals surface area contributed by atoms with Crippen molar-refractivity contribution in [1.29, 1.82) is 0 Å². The average molecular weight is 619 g/mol. The molecule has 0 radical (unpaired) electrons. The minimum atomic E-state index is 0.463. The standard InChI is InChI=1S/C42H42N4O/c1-7-37-42(30-13-10-9-11-14-30)38(8-2)46(44-37)32-15-12-16-33(25-32)47-34-18-19-35-36-24-31(29(6)27(3)4)17-20-39(36)45(40(35)26-34)41-23-28(5)21-22-43-41/h9-27,29H,7-8H2,1-6H3. The van der Waals surface area contributed by atoms with Gasteiger partial charge in [-0.15, -0.1) is 0 Å². The summed E-state index contributed by atoms with van der Waals surface area (Å²) in [6, 6.07) is 36.3. The molecule has 7 aromatic rings. The Hall–Kier alpha value is -5.16. The molecule has 0 aliphatic rings. The number of hydrogen-bond acceptors (Lipinski definition) is 3. The molecule has 0 N–H and O–H groups in total. The largest absolute Gasteiger partial charge is 0.457 e. The number of nitrogens with zero attached hydrogens (tertiary/aromatic N) is 4. The fourth-order valence-electron chi connectivity index (χ4n) is 6.68. The van der Waals surface area contributed by atoms with Gasteiger partial charge in [-0.25, -0.2) is 9.67 Å². The highest BCUT2D eigenvalue weighted by Crippen LogP contribution is 2.38. The molecule has 0 aliphatic heterocycles. The number of ether oxygens (including phenoxy) is 1. The molecule has 236 valence electrons. The van der Waals surface area contributed by atoms with E-state index in [9.17, 15) is 0 Å². The molecule has 4 aromatic carbocycles. The first-order valence-corrected chi connectivity index (χ1v) is 16.8. The summed E-state index contributed by atoms with van der Waals surface area (Å²) in [6.45, 7) is 13.4. The Labute approximate surface area is 277 Å². The van der Waals surface area contributed by atoms with E-state index in [2.05, 4.69) is 136 Å². The first-order valence-electron chi connectivity index (χ1n) is 16.8. The topological polar surface area (TPSA) is 44.9 Å². The van der Waals surface area contributed by atoms with Crippen LogP contribution in [0.25, 0.3) is 44.4 Å². The van der Waals surface area contributed by atoms with E-state index in [1.807, 2.05) is 24.4 Å². The molecule has 0 bridgehead atoms. The Bertz CT molecular complexity index is 2210. The molecule has 3 heterocycles. The van der Waals surface area contributed by atoms with Crippen molar-refractivity contribution < 1.29 is 4.74 Å². The van der Waals surface area contributed by atoms with Crippen molar-refractivity contribution in [2.45, 2.75) is 60.3 Å². The molecule has 0 amide bonds. The summed E-state index contributed by atoms with van der Waals surface area (Å²) in [5.74, 6) is 3.47. The summed E-state index contributed by atoms with van der Waals surface area (Å²) in [6.07, 6.45) is 3.62. The van der Waals surface area contributed by atoms with Gasteiger partial charge in [0.15, 0.2) is 0 Å². The molecule has 0 fully saturated rings. The second-order valence-corrected chi connectivity index (χ2v) is 12.9. The predicted octanol–water partition coefficient (Wildman–Crippen LogP) is 11.0. The first kappa shape index (κ1) is 30.5. The number of rotatable bonds is 9. The highest BCUT2D eigenvalue weighted by molar-refractivity contribution is 6.09. The van der Waals surface area contributed by atoms with Crippen molar-refractivity contribution >= 4 is 21.8 Å². The Balaban J connectivity index is 1.31. The van der Waals surface area contributed by atoms with Crippen LogP contribution in [-0.2, 0) is 12.8 Å².